The van der Waals surface area contributed by atoms with Gasteiger partial charge in [0, 0.05) is 24.9 Å². The number of likely N-dealkylation sites (tertiary alicyclic amines) is 1. The number of nitrogens with one attached hydrogen (secondary N) is 1. The van der Waals surface area contributed by atoms with Crippen LogP contribution in [0.25, 0.3) is 6.08 Å². The van der Waals surface area contributed by atoms with Crippen molar-refractivity contribution in [1.82, 2.24) is 4.90 Å². The molecule has 0 saturated carbocycles. The second-order valence-electron chi connectivity index (χ2n) is 9.48. The van der Waals surface area contributed by atoms with Gasteiger partial charge in [-0.2, -0.15) is 0 Å². The third-order valence-corrected chi connectivity index (χ3v) is 6.55. The van der Waals surface area contributed by atoms with Crippen LogP contribution in [0.3, 0.4) is 0 Å². The normalized spacial score (nSPS) is 18.8. The molecule has 0 radical (unpaired) electrons. The van der Waals surface area contributed by atoms with Crippen LogP contribution in [-0.2, 0) is 9.59 Å². The molecule has 180 valence electrons. The van der Waals surface area contributed by atoms with Crippen molar-refractivity contribution in [3.8, 4) is 5.75 Å². The molecule has 2 aromatic rings. The number of benzene rings is 2. The number of anilines is 2. The molecule has 2 amide bonds. The smallest absolute Gasteiger partial charge is 0.267 e. The van der Waals surface area contributed by atoms with E-state index in [2.05, 4.69) is 36.2 Å². The van der Waals surface area contributed by atoms with E-state index in [-0.39, 0.29) is 11.8 Å². The largest absolute Gasteiger partial charge is 0.479 e. The summed E-state index contributed by atoms with van der Waals surface area (Å²) in [6.45, 7) is 9.73. The molecule has 4 rings (SSSR count). The highest BCUT2D eigenvalue weighted by molar-refractivity contribution is 6.04. The first-order chi connectivity index (χ1) is 16.4. The quantitative estimate of drug-likeness (QED) is 0.586. The fraction of sp³-hybridized carbons (Fsp3) is 0.429. The number of carbonyl (C=O) groups excluding carboxylic acids is 2. The first-order valence-corrected chi connectivity index (χ1v) is 12.3. The topological polar surface area (TPSA) is 61.9 Å². The van der Waals surface area contributed by atoms with Gasteiger partial charge in [-0.3, -0.25) is 9.59 Å². The number of hydrogen-bond acceptors (Lipinski definition) is 4. The summed E-state index contributed by atoms with van der Waals surface area (Å²) >= 11 is 0. The molecule has 2 aliphatic heterocycles. The Balaban J connectivity index is 1.43. The Kier molecular flexibility index (Phi) is 7.68. The number of nitrogens with zero attached hydrogens (tertiary/aromatic N) is 2. The van der Waals surface area contributed by atoms with Crippen molar-refractivity contribution >= 4 is 29.3 Å². The van der Waals surface area contributed by atoms with Crippen LogP contribution >= 0.6 is 0 Å². The fourth-order valence-electron chi connectivity index (χ4n) is 4.49. The summed E-state index contributed by atoms with van der Waals surface area (Å²) in [5, 5.41) is 2.91. The van der Waals surface area contributed by atoms with E-state index in [9.17, 15) is 9.59 Å². The highest BCUT2D eigenvalue weighted by atomic mass is 16.5. The lowest BCUT2D eigenvalue weighted by molar-refractivity contribution is -0.125. The maximum Gasteiger partial charge on any atom is 0.267 e. The number of amides is 2. The van der Waals surface area contributed by atoms with Crippen molar-refractivity contribution in [3.05, 3.63) is 59.7 Å². The summed E-state index contributed by atoms with van der Waals surface area (Å²) in [6, 6.07) is 13.7. The van der Waals surface area contributed by atoms with Crippen molar-refractivity contribution in [2.75, 3.05) is 36.4 Å². The number of carbonyl (C=O) groups is 2. The fourth-order valence-corrected chi connectivity index (χ4v) is 4.49. The zero-order chi connectivity index (χ0) is 24.1. The Hall–Kier alpha value is -3.12. The predicted octanol–water partition coefficient (Wildman–Crippen LogP) is 5.06. The minimum atomic E-state index is -0.515. The lowest BCUT2D eigenvalue weighted by Crippen LogP contribution is -2.48. The molecule has 6 heteroatoms. The predicted molar refractivity (Wildman–Crippen MR) is 137 cm³/mol. The second-order valence-corrected chi connectivity index (χ2v) is 9.48. The zero-order valence-corrected chi connectivity index (χ0v) is 20.4. The summed E-state index contributed by atoms with van der Waals surface area (Å²) in [5.41, 5.74) is 3.59. The average Bonchev–Trinajstić information content (AvgIpc) is 2.84. The summed E-state index contributed by atoms with van der Waals surface area (Å²) in [5.74, 6) is 0.884. The van der Waals surface area contributed by atoms with Gasteiger partial charge >= 0.3 is 0 Å². The molecule has 0 aromatic heterocycles. The Morgan fingerprint density at radius 2 is 1.82 bits per heavy atom. The lowest BCUT2D eigenvalue weighted by atomic mass is 10.0. The van der Waals surface area contributed by atoms with Crippen LogP contribution in [0.5, 0.6) is 5.75 Å². The number of fused-ring (bicyclic) bond motifs is 1. The van der Waals surface area contributed by atoms with Crippen LogP contribution in [0.1, 0.15) is 57.1 Å². The van der Waals surface area contributed by atoms with E-state index < -0.39 is 6.10 Å². The summed E-state index contributed by atoms with van der Waals surface area (Å²) in [4.78, 5) is 29.7. The maximum atomic E-state index is 12.9. The molecule has 1 atom stereocenters. The van der Waals surface area contributed by atoms with Gasteiger partial charge in [0.05, 0.1) is 5.69 Å². The third kappa shape index (κ3) is 5.86. The van der Waals surface area contributed by atoms with Crippen molar-refractivity contribution in [3.63, 3.8) is 0 Å². The van der Waals surface area contributed by atoms with Crippen LogP contribution in [0, 0.1) is 0 Å². The Morgan fingerprint density at radius 1 is 1.09 bits per heavy atom. The van der Waals surface area contributed by atoms with E-state index in [1.165, 1.54) is 30.9 Å². The number of ether oxygens (including phenoxy) is 1. The minimum absolute atomic E-state index is 0.0438. The van der Waals surface area contributed by atoms with Crippen molar-refractivity contribution in [2.24, 2.45) is 0 Å². The first kappa shape index (κ1) is 24.0. The average molecular weight is 462 g/mol. The van der Waals surface area contributed by atoms with Crippen LogP contribution in [0.2, 0.25) is 0 Å². The van der Waals surface area contributed by atoms with Gasteiger partial charge in [0.1, 0.15) is 5.75 Å². The van der Waals surface area contributed by atoms with Crippen molar-refractivity contribution < 1.29 is 14.3 Å². The van der Waals surface area contributed by atoms with Gasteiger partial charge < -0.3 is 19.9 Å². The molecule has 2 heterocycles. The Morgan fingerprint density at radius 3 is 2.53 bits per heavy atom. The van der Waals surface area contributed by atoms with E-state index in [0.717, 1.165) is 25.2 Å². The van der Waals surface area contributed by atoms with Crippen molar-refractivity contribution in [2.45, 2.75) is 52.1 Å². The number of piperidine rings is 1. The molecule has 1 saturated heterocycles. The number of hydrogen-bond donors (Lipinski definition) is 1. The molecule has 34 heavy (non-hydrogen) atoms. The van der Waals surface area contributed by atoms with Crippen LogP contribution < -0.4 is 15.0 Å². The van der Waals surface area contributed by atoms with Gasteiger partial charge in [-0.1, -0.05) is 44.5 Å². The molecule has 0 bridgehead atoms. The molecule has 1 fully saturated rings. The van der Waals surface area contributed by atoms with E-state index in [0.29, 0.717) is 29.6 Å². The maximum absolute atomic E-state index is 12.9. The van der Waals surface area contributed by atoms with E-state index in [1.54, 1.807) is 17.9 Å². The Labute approximate surface area is 202 Å². The van der Waals surface area contributed by atoms with Gasteiger partial charge in [0.15, 0.2) is 6.10 Å². The van der Waals surface area contributed by atoms with Crippen LogP contribution in [-0.4, -0.2) is 49.0 Å². The molecule has 6 nitrogen and oxygen atoms in total. The second kappa shape index (κ2) is 10.9. The SMILES string of the molecule is CC1Oc2ccc(NC(=O)/C=C/c3ccc(C(C)C)cc3)cc2N(CCN2CCCCC2)C1=O. The van der Waals surface area contributed by atoms with Crippen molar-refractivity contribution in [1.29, 1.82) is 0 Å². The van der Waals surface area contributed by atoms with Gasteiger partial charge in [-0.05, 0) is 74.2 Å². The molecule has 2 aromatic carbocycles. The van der Waals surface area contributed by atoms with E-state index in [4.69, 9.17) is 4.74 Å². The lowest BCUT2D eigenvalue weighted by Gasteiger charge is -2.35. The monoisotopic (exact) mass is 461 g/mol. The van der Waals surface area contributed by atoms with Gasteiger partial charge in [-0.15, -0.1) is 0 Å². The van der Waals surface area contributed by atoms with E-state index in [1.807, 2.05) is 30.3 Å². The van der Waals surface area contributed by atoms with Gasteiger partial charge in [-0.25, -0.2) is 0 Å². The molecule has 1 N–H and O–H groups in total. The highest BCUT2D eigenvalue weighted by Gasteiger charge is 2.32. The van der Waals surface area contributed by atoms with Gasteiger partial charge in [0.2, 0.25) is 5.91 Å². The highest BCUT2D eigenvalue weighted by Crippen LogP contribution is 2.36. The molecule has 0 spiro atoms. The van der Waals surface area contributed by atoms with E-state index >= 15 is 0 Å². The van der Waals surface area contributed by atoms with Gasteiger partial charge in [0.25, 0.3) is 5.91 Å². The first-order valence-electron chi connectivity index (χ1n) is 12.3. The molecular formula is C28H35N3O3. The molecule has 1 unspecified atom stereocenters. The third-order valence-electron chi connectivity index (χ3n) is 6.55. The molecule has 2 aliphatic rings. The van der Waals surface area contributed by atoms with Crippen LogP contribution in [0.15, 0.2) is 48.5 Å². The summed E-state index contributed by atoms with van der Waals surface area (Å²) in [6.07, 6.45) is 6.54. The standard InChI is InChI=1S/C28H35N3O3/c1-20(2)23-10-7-22(8-11-23)9-14-27(32)29-24-12-13-26-25(19-24)31(28(33)21(3)34-26)18-17-30-15-5-4-6-16-30/h7-14,19-21H,4-6,15-18H2,1-3H3,(H,29,32)/b14-9+. The zero-order valence-electron chi connectivity index (χ0n) is 20.4. The van der Waals surface area contributed by atoms with Crippen LogP contribution in [0.4, 0.5) is 11.4 Å². The number of rotatable bonds is 7. The molecular weight excluding hydrogens is 426 g/mol. The minimum Gasteiger partial charge on any atom is -0.479 e. The Bertz CT molecular complexity index is 1040. The summed E-state index contributed by atoms with van der Waals surface area (Å²) < 4.78 is 5.83. The molecule has 0 aliphatic carbocycles. The summed E-state index contributed by atoms with van der Waals surface area (Å²) in [7, 11) is 0.